The quantitative estimate of drug-likeness (QED) is 0.643. The minimum atomic E-state index is -1.01. The molecule has 4 rings (SSSR count). The van der Waals surface area contributed by atoms with Gasteiger partial charge < -0.3 is 34.9 Å². The zero-order chi connectivity index (χ0) is 24.3. The fraction of sp³-hybridized carbons (Fsp3) is 0.591. The van der Waals surface area contributed by atoms with Gasteiger partial charge in [-0.3, -0.25) is 0 Å². The van der Waals surface area contributed by atoms with Crippen molar-refractivity contribution in [3.63, 3.8) is 0 Å². The summed E-state index contributed by atoms with van der Waals surface area (Å²) in [6.07, 6.45) is 3.15. The molecule has 0 radical (unpaired) electrons. The standard InChI is InChI=1S/C22H31N7O5/c1-21(2,3)34-20(31)29-5-4-22(13-29,14-30)33-17-10-16(15-11-24-18(23)25-12-15)26-19(27-17)28-6-8-32-9-7-28/h10-12,30H,4-9,13-14H2,1-3H3,(H2,23,24,25). The van der Waals surface area contributed by atoms with Gasteiger partial charge in [-0.05, 0) is 20.8 Å². The Balaban J connectivity index is 1.61. The molecule has 3 N–H and O–H groups in total. The molecule has 1 amide bonds. The zero-order valence-electron chi connectivity index (χ0n) is 19.7. The first-order valence-corrected chi connectivity index (χ1v) is 11.2. The highest BCUT2D eigenvalue weighted by molar-refractivity contribution is 5.68. The van der Waals surface area contributed by atoms with Gasteiger partial charge in [0, 0.05) is 50.1 Å². The van der Waals surface area contributed by atoms with Gasteiger partial charge in [0.15, 0.2) is 5.60 Å². The number of carbonyl (C=O) groups is 1. The van der Waals surface area contributed by atoms with Crippen molar-refractivity contribution in [2.45, 2.75) is 38.4 Å². The number of likely N-dealkylation sites (tertiary alicyclic amines) is 1. The number of aliphatic hydroxyl groups excluding tert-OH is 1. The first-order valence-electron chi connectivity index (χ1n) is 11.2. The van der Waals surface area contributed by atoms with Crippen LogP contribution in [-0.2, 0) is 9.47 Å². The van der Waals surface area contributed by atoms with Crippen LogP contribution in [0.1, 0.15) is 27.2 Å². The number of rotatable bonds is 5. The molecular formula is C22H31N7O5. The maximum absolute atomic E-state index is 12.5. The summed E-state index contributed by atoms with van der Waals surface area (Å²) in [5.41, 5.74) is 5.21. The van der Waals surface area contributed by atoms with Gasteiger partial charge in [-0.15, -0.1) is 0 Å². The summed E-state index contributed by atoms with van der Waals surface area (Å²) in [5, 5.41) is 10.2. The van der Waals surface area contributed by atoms with Crippen LogP contribution < -0.4 is 15.4 Å². The summed E-state index contributed by atoms with van der Waals surface area (Å²) in [5.74, 6) is 0.918. The third-order valence-corrected chi connectivity index (χ3v) is 5.53. The number of nitrogens with two attached hydrogens (primary N) is 1. The van der Waals surface area contributed by atoms with Gasteiger partial charge in [0.1, 0.15) is 5.60 Å². The van der Waals surface area contributed by atoms with Crippen LogP contribution in [0.15, 0.2) is 18.5 Å². The van der Waals surface area contributed by atoms with Crippen LogP contribution in [0.25, 0.3) is 11.3 Å². The van der Waals surface area contributed by atoms with E-state index in [9.17, 15) is 9.90 Å². The average Bonchev–Trinajstić information content (AvgIpc) is 3.23. The largest absolute Gasteiger partial charge is 0.466 e. The normalized spacial score (nSPS) is 20.9. The van der Waals surface area contributed by atoms with E-state index in [0.29, 0.717) is 56.5 Å². The van der Waals surface area contributed by atoms with Gasteiger partial charge in [-0.2, -0.15) is 4.98 Å². The van der Waals surface area contributed by atoms with E-state index in [1.54, 1.807) is 23.4 Å². The van der Waals surface area contributed by atoms with Crippen molar-refractivity contribution in [1.82, 2.24) is 24.8 Å². The Labute approximate surface area is 198 Å². The number of morpholine rings is 1. The molecule has 2 aromatic rings. The Morgan fingerprint density at radius 3 is 2.56 bits per heavy atom. The molecule has 2 aliphatic heterocycles. The molecule has 2 saturated heterocycles. The topological polar surface area (TPSA) is 149 Å². The second-order valence-electron chi connectivity index (χ2n) is 9.42. The van der Waals surface area contributed by atoms with Gasteiger partial charge >= 0.3 is 6.09 Å². The van der Waals surface area contributed by atoms with Crippen LogP contribution in [0.3, 0.4) is 0 Å². The summed E-state index contributed by atoms with van der Waals surface area (Å²) >= 11 is 0. The number of hydrogen-bond acceptors (Lipinski definition) is 11. The molecule has 0 spiro atoms. The lowest BCUT2D eigenvalue weighted by Gasteiger charge is -2.30. The van der Waals surface area contributed by atoms with Crippen LogP contribution in [0, 0.1) is 0 Å². The van der Waals surface area contributed by atoms with Gasteiger partial charge in [-0.25, -0.2) is 19.7 Å². The number of carbonyl (C=O) groups excluding carboxylic acids is 1. The summed E-state index contributed by atoms with van der Waals surface area (Å²) in [7, 11) is 0. The zero-order valence-corrected chi connectivity index (χ0v) is 19.7. The predicted octanol–water partition coefficient (Wildman–Crippen LogP) is 1.10. The van der Waals surface area contributed by atoms with E-state index < -0.39 is 17.3 Å². The Morgan fingerprint density at radius 2 is 1.91 bits per heavy atom. The third-order valence-electron chi connectivity index (χ3n) is 5.53. The third kappa shape index (κ3) is 5.62. The van der Waals surface area contributed by atoms with E-state index in [1.807, 2.05) is 25.7 Å². The highest BCUT2D eigenvalue weighted by Crippen LogP contribution is 2.31. The smallest absolute Gasteiger partial charge is 0.410 e. The molecular weight excluding hydrogens is 442 g/mol. The first kappa shape index (κ1) is 23.9. The highest BCUT2D eigenvalue weighted by atomic mass is 16.6. The van der Waals surface area contributed by atoms with Crippen LogP contribution >= 0.6 is 0 Å². The number of nitrogen functional groups attached to an aromatic ring is 1. The Hall–Kier alpha value is -3.25. The highest BCUT2D eigenvalue weighted by Gasteiger charge is 2.43. The monoisotopic (exact) mass is 473 g/mol. The summed E-state index contributed by atoms with van der Waals surface area (Å²) < 4.78 is 17.2. The van der Waals surface area contributed by atoms with Gasteiger partial charge in [-0.1, -0.05) is 0 Å². The molecule has 34 heavy (non-hydrogen) atoms. The summed E-state index contributed by atoms with van der Waals surface area (Å²) in [4.78, 5) is 33.5. The average molecular weight is 474 g/mol. The van der Waals surface area contributed by atoms with E-state index in [1.165, 1.54) is 0 Å². The van der Waals surface area contributed by atoms with Crippen molar-refractivity contribution in [2.24, 2.45) is 0 Å². The number of aromatic nitrogens is 4. The minimum Gasteiger partial charge on any atom is -0.466 e. The molecule has 2 fully saturated rings. The van der Waals surface area contributed by atoms with Gasteiger partial charge in [0.2, 0.25) is 17.8 Å². The van der Waals surface area contributed by atoms with Crippen molar-refractivity contribution < 1.29 is 24.1 Å². The Kier molecular flexibility index (Phi) is 6.71. The lowest BCUT2D eigenvalue weighted by molar-refractivity contribution is 0.00160. The maximum Gasteiger partial charge on any atom is 0.410 e. The van der Waals surface area contributed by atoms with Crippen LogP contribution in [0.4, 0.5) is 16.7 Å². The molecule has 1 unspecified atom stereocenters. The van der Waals surface area contributed by atoms with E-state index in [-0.39, 0.29) is 25.0 Å². The number of hydrogen-bond donors (Lipinski definition) is 2. The van der Waals surface area contributed by atoms with E-state index >= 15 is 0 Å². The molecule has 12 heteroatoms. The van der Waals surface area contributed by atoms with Crippen LogP contribution in [0.2, 0.25) is 0 Å². The lowest BCUT2D eigenvalue weighted by atomic mass is 10.0. The molecule has 0 aliphatic carbocycles. The van der Waals surface area contributed by atoms with Crippen molar-refractivity contribution in [2.75, 3.05) is 56.6 Å². The summed E-state index contributed by atoms with van der Waals surface area (Å²) in [6.45, 7) is 8.14. The van der Waals surface area contributed by atoms with Crippen LogP contribution in [0.5, 0.6) is 5.88 Å². The number of amides is 1. The predicted molar refractivity (Wildman–Crippen MR) is 123 cm³/mol. The second kappa shape index (κ2) is 9.55. The molecule has 184 valence electrons. The van der Waals surface area contributed by atoms with Gasteiger partial charge in [0.05, 0.1) is 32.1 Å². The molecule has 1 atom stereocenters. The Morgan fingerprint density at radius 1 is 1.21 bits per heavy atom. The Bertz CT molecular complexity index is 1010. The minimum absolute atomic E-state index is 0.162. The maximum atomic E-state index is 12.5. The lowest BCUT2D eigenvalue weighted by Crippen LogP contribution is -2.45. The molecule has 0 bridgehead atoms. The number of aliphatic hydroxyl groups is 1. The molecule has 4 heterocycles. The molecule has 2 aliphatic rings. The number of anilines is 2. The van der Waals surface area contributed by atoms with E-state index in [0.717, 1.165) is 0 Å². The molecule has 0 aromatic carbocycles. The number of nitrogens with zero attached hydrogens (tertiary/aromatic N) is 6. The van der Waals surface area contributed by atoms with Crippen molar-refractivity contribution in [3.8, 4) is 17.1 Å². The SMILES string of the molecule is CC(C)(C)OC(=O)N1CCC(CO)(Oc2cc(-c3cnc(N)nc3)nc(N3CCOCC3)n2)C1. The fourth-order valence-electron chi connectivity index (χ4n) is 3.78. The summed E-state index contributed by atoms with van der Waals surface area (Å²) in [6, 6.07) is 1.67. The first-order chi connectivity index (χ1) is 16.2. The second-order valence-corrected chi connectivity index (χ2v) is 9.42. The van der Waals surface area contributed by atoms with E-state index in [4.69, 9.17) is 19.9 Å². The molecule has 0 saturated carbocycles. The van der Waals surface area contributed by atoms with Crippen LogP contribution in [-0.4, -0.2) is 93.2 Å². The van der Waals surface area contributed by atoms with Crippen molar-refractivity contribution in [3.05, 3.63) is 18.5 Å². The molecule has 12 nitrogen and oxygen atoms in total. The van der Waals surface area contributed by atoms with Gasteiger partial charge in [0.25, 0.3) is 0 Å². The molecule has 2 aromatic heterocycles. The number of ether oxygens (including phenoxy) is 3. The fourth-order valence-corrected chi connectivity index (χ4v) is 3.78. The van der Waals surface area contributed by atoms with Crippen molar-refractivity contribution in [1.29, 1.82) is 0 Å². The van der Waals surface area contributed by atoms with E-state index in [2.05, 4.69) is 19.9 Å². The van der Waals surface area contributed by atoms with Crippen molar-refractivity contribution >= 4 is 18.0 Å².